The second-order valence-electron chi connectivity index (χ2n) is 3.83. The van der Waals surface area contributed by atoms with E-state index in [9.17, 15) is 4.79 Å². The number of alkyl carbamates (subject to hydrolysis) is 1. The van der Waals surface area contributed by atoms with Crippen LogP contribution in [-0.4, -0.2) is 31.8 Å². The van der Waals surface area contributed by atoms with Crippen LogP contribution in [-0.2, 0) is 4.74 Å². The van der Waals surface area contributed by atoms with Gasteiger partial charge in [0.1, 0.15) is 0 Å². The van der Waals surface area contributed by atoms with E-state index in [1.54, 1.807) is 0 Å². The third-order valence-electron chi connectivity index (χ3n) is 1.93. The molecule has 0 spiro atoms. The lowest BCUT2D eigenvalue weighted by atomic mass is 10.2. The van der Waals surface area contributed by atoms with Gasteiger partial charge in [-0.15, -0.1) is 0 Å². The molecule has 0 aromatic rings. The van der Waals surface area contributed by atoms with Gasteiger partial charge in [-0.1, -0.05) is 13.8 Å². The van der Waals surface area contributed by atoms with Crippen LogP contribution in [0, 0.1) is 5.92 Å². The first-order chi connectivity index (χ1) is 6.18. The summed E-state index contributed by atoms with van der Waals surface area (Å²) in [7, 11) is 0. The van der Waals surface area contributed by atoms with Crippen LogP contribution in [0.2, 0.25) is 0 Å². The van der Waals surface area contributed by atoms with Crippen molar-refractivity contribution in [3.63, 3.8) is 0 Å². The summed E-state index contributed by atoms with van der Waals surface area (Å²) in [5.74, 6) is 0.396. The Morgan fingerprint density at radius 2 is 2.46 bits per heavy atom. The summed E-state index contributed by atoms with van der Waals surface area (Å²) >= 11 is 0. The van der Waals surface area contributed by atoms with Gasteiger partial charge in [0.25, 0.3) is 0 Å². The molecule has 1 saturated heterocycles. The third-order valence-corrected chi connectivity index (χ3v) is 1.93. The molecule has 2 N–H and O–H groups in total. The van der Waals surface area contributed by atoms with Crippen molar-refractivity contribution in [2.24, 2.45) is 5.92 Å². The Bertz CT molecular complexity index is 165. The molecule has 1 amide bonds. The van der Waals surface area contributed by atoms with Gasteiger partial charge < -0.3 is 15.4 Å². The van der Waals surface area contributed by atoms with Gasteiger partial charge in [-0.3, -0.25) is 0 Å². The molecule has 0 aromatic heterocycles. The second-order valence-corrected chi connectivity index (χ2v) is 3.83. The molecule has 1 aliphatic heterocycles. The number of rotatable bonds is 3. The molecule has 0 saturated carbocycles. The fourth-order valence-electron chi connectivity index (χ4n) is 1.23. The minimum absolute atomic E-state index is 0.250. The van der Waals surface area contributed by atoms with Crippen molar-refractivity contribution in [3.8, 4) is 0 Å². The molecule has 0 aliphatic carbocycles. The Morgan fingerprint density at radius 3 is 3.00 bits per heavy atom. The fraction of sp³-hybridized carbons (Fsp3) is 0.889. The second kappa shape index (κ2) is 5.07. The number of carbonyl (C=O) groups excluding carboxylic acids is 1. The molecule has 1 aliphatic rings. The van der Waals surface area contributed by atoms with Crippen LogP contribution in [0.25, 0.3) is 0 Å². The van der Waals surface area contributed by atoms with E-state index in [0.29, 0.717) is 12.5 Å². The fourth-order valence-corrected chi connectivity index (χ4v) is 1.23. The average molecular weight is 186 g/mol. The van der Waals surface area contributed by atoms with Crippen LogP contribution in [0.3, 0.4) is 0 Å². The Hall–Kier alpha value is -0.770. The number of amides is 1. The highest BCUT2D eigenvalue weighted by Crippen LogP contribution is 1.98. The third kappa shape index (κ3) is 4.12. The van der Waals surface area contributed by atoms with Crippen molar-refractivity contribution in [2.75, 3.05) is 19.7 Å². The van der Waals surface area contributed by atoms with Crippen LogP contribution in [0.1, 0.15) is 20.3 Å². The molecule has 13 heavy (non-hydrogen) atoms. The van der Waals surface area contributed by atoms with E-state index < -0.39 is 0 Å². The maximum Gasteiger partial charge on any atom is 0.407 e. The Balaban J connectivity index is 2.09. The van der Waals surface area contributed by atoms with E-state index in [1.807, 2.05) is 13.8 Å². The summed E-state index contributed by atoms with van der Waals surface area (Å²) < 4.78 is 4.99. The zero-order chi connectivity index (χ0) is 9.68. The molecule has 0 radical (unpaired) electrons. The molecule has 0 bridgehead atoms. The molecule has 1 rings (SSSR count). The standard InChI is InChI=1S/C9H18N2O2/c1-7(2)6-13-9(12)11-8-3-4-10-5-8/h7-8,10H,3-6H2,1-2H3,(H,11,12). The largest absolute Gasteiger partial charge is 0.449 e. The first-order valence-electron chi connectivity index (χ1n) is 4.82. The number of hydrogen-bond acceptors (Lipinski definition) is 3. The summed E-state index contributed by atoms with van der Waals surface area (Å²) in [4.78, 5) is 11.1. The monoisotopic (exact) mass is 186 g/mol. The minimum Gasteiger partial charge on any atom is -0.449 e. The van der Waals surface area contributed by atoms with Gasteiger partial charge in [-0.25, -0.2) is 4.79 Å². The number of hydrogen-bond donors (Lipinski definition) is 2. The van der Waals surface area contributed by atoms with Crippen LogP contribution < -0.4 is 10.6 Å². The van der Waals surface area contributed by atoms with Gasteiger partial charge in [0.15, 0.2) is 0 Å². The van der Waals surface area contributed by atoms with Gasteiger partial charge in [0, 0.05) is 12.6 Å². The summed E-state index contributed by atoms with van der Waals surface area (Å²) in [6.45, 7) is 6.37. The molecule has 76 valence electrons. The van der Waals surface area contributed by atoms with Crippen molar-refractivity contribution < 1.29 is 9.53 Å². The van der Waals surface area contributed by atoms with Gasteiger partial charge in [0.2, 0.25) is 0 Å². The highest BCUT2D eigenvalue weighted by atomic mass is 16.5. The summed E-state index contributed by atoms with van der Waals surface area (Å²) in [5, 5.41) is 5.98. The molecule has 4 nitrogen and oxygen atoms in total. The Kier molecular flexibility index (Phi) is 4.02. The number of ether oxygens (including phenoxy) is 1. The number of nitrogens with one attached hydrogen (secondary N) is 2. The summed E-state index contributed by atoms with van der Waals surface area (Å²) in [5.41, 5.74) is 0. The normalized spacial score (nSPS) is 21.9. The predicted octanol–water partition coefficient (Wildman–Crippen LogP) is 0.730. The zero-order valence-corrected chi connectivity index (χ0v) is 8.30. The summed E-state index contributed by atoms with van der Waals surface area (Å²) in [6.07, 6.45) is 0.707. The van der Waals surface area contributed by atoms with E-state index in [2.05, 4.69) is 10.6 Å². The Morgan fingerprint density at radius 1 is 1.69 bits per heavy atom. The lowest BCUT2D eigenvalue weighted by Gasteiger charge is -2.12. The molecule has 1 atom stereocenters. The molecule has 1 unspecified atom stereocenters. The highest BCUT2D eigenvalue weighted by Gasteiger charge is 2.17. The van der Waals surface area contributed by atoms with Crippen LogP contribution in [0.4, 0.5) is 4.79 Å². The van der Waals surface area contributed by atoms with E-state index in [-0.39, 0.29) is 12.1 Å². The first kappa shape index (κ1) is 10.3. The van der Waals surface area contributed by atoms with Crippen LogP contribution >= 0.6 is 0 Å². The van der Waals surface area contributed by atoms with Gasteiger partial charge >= 0.3 is 6.09 Å². The lowest BCUT2D eigenvalue weighted by molar-refractivity contribution is 0.130. The SMILES string of the molecule is CC(C)COC(=O)NC1CCNC1. The highest BCUT2D eigenvalue weighted by molar-refractivity contribution is 5.67. The van der Waals surface area contributed by atoms with Crippen molar-refractivity contribution in [1.29, 1.82) is 0 Å². The van der Waals surface area contributed by atoms with Crippen molar-refractivity contribution in [1.82, 2.24) is 10.6 Å². The molecular formula is C9H18N2O2. The van der Waals surface area contributed by atoms with E-state index >= 15 is 0 Å². The Labute approximate surface area is 79.0 Å². The quantitative estimate of drug-likeness (QED) is 0.683. The minimum atomic E-state index is -0.289. The predicted molar refractivity (Wildman–Crippen MR) is 50.6 cm³/mol. The van der Waals surface area contributed by atoms with Crippen LogP contribution in [0.15, 0.2) is 0 Å². The molecule has 1 heterocycles. The van der Waals surface area contributed by atoms with E-state index in [0.717, 1.165) is 19.5 Å². The zero-order valence-electron chi connectivity index (χ0n) is 8.30. The van der Waals surface area contributed by atoms with Gasteiger partial charge in [0.05, 0.1) is 6.61 Å². The smallest absolute Gasteiger partial charge is 0.407 e. The van der Waals surface area contributed by atoms with Gasteiger partial charge in [-0.2, -0.15) is 0 Å². The van der Waals surface area contributed by atoms with Crippen molar-refractivity contribution in [3.05, 3.63) is 0 Å². The maximum atomic E-state index is 11.1. The first-order valence-corrected chi connectivity index (χ1v) is 4.82. The molecular weight excluding hydrogens is 168 g/mol. The molecule has 4 heteroatoms. The lowest BCUT2D eigenvalue weighted by Crippen LogP contribution is -2.37. The topological polar surface area (TPSA) is 50.4 Å². The van der Waals surface area contributed by atoms with E-state index in [1.165, 1.54) is 0 Å². The van der Waals surface area contributed by atoms with Crippen molar-refractivity contribution in [2.45, 2.75) is 26.3 Å². The maximum absolute atomic E-state index is 11.1. The molecule has 0 aromatic carbocycles. The van der Waals surface area contributed by atoms with E-state index in [4.69, 9.17) is 4.74 Å². The van der Waals surface area contributed by atoms with Crippen molar-refractivity contribution >= 4 is 6.09 Å². The average Bonchev–Trinajstić information content (AvgIpc) is 2.53. The summed E-state index contributed by atoms with van der Waals surface area (Å²) in [6, 6.07) is 0.250. The van der Waals surface area contributed by atoms with Gasteiger partial charge in [-0.05, 0) is 18.9 Å². The molecule has 1 fully saturated rings. The number of carbonyl (C=O) groups is 1. The van der Waals surface area contributed by atoms with Crippen LogP contribution in [0.5, 0.6) is 0 Å².